The van der Waals surface area contributed by atoms with Crippen LogP contribution in [0.1, 0.15) is 47.0 Å². The number of esters is 2. The van der Waals surface area contributed by atoms with Crippen molar-refractivity contribution >= 4 is 11.9 Å². The fourth-order valence-corrected chi connectivity index (χ4v) is 2.09. The summed E-state index contributed by atoms with van der Waals surface area (Å²) in [5.74, 6) is -1.00. The third-order valence-corrected chi connectivity index (χ3v) is 3.26. The fraction of sp³-hybridized carbons (Fsp3) is 0.867. The number of ether oxygens (including phenoxy) is 2. The minimum absolute atomic E-state index is 0.116. The van der Waals surface area contributed by atoms with Crippen molar-refractivity contribution in [3.63, 3.8) is 0 Å². The standard InChI is InChI=1S/C15H29NO4/c1-5-16(6-2)11-9-10-13(15(18)20-8-4)12-14(17)19-7-3/h13H,5-12H2,1-4H3. The Bertz CT molecular complexity index is 277. The van der Waals surface area contributed by atoms with E-state index >= 15 is 0 Å². The summed E-state index contributed by atoms with van der Waals surface area (Å²) < 4.78 is 9.95. The van der Waals surface area contributed by atoms with Crippen LogP contribution in [-0.2, 0) is 19.1 Å². The number of rotatable bonds is 11. The van der Waals surface area contributed by atoms with Gasteiger partial charge in [0.25, 0.3) is 0 Å². The Labute approximate surface area is 122 Å². The molecular formula is C15H29NO4. The van der Waals surface area contributed by atoms with E-state index in [4.69, 9.17) is 9.47 Å². The second-order valence-electron chi connectivity index (χ2n) is 4.63. The Morgan fingerprint density at radius 2 is 1.60 bits per heavy atom. The van der Waals surface area contributed by atoms with Gasteiger partial charge in [0.1, 0.15) is 0 Å². The monoisotopic (exact) mass is 287 g/mol. The van der Waals surface area contributed by atoms with E-state index in [0.29, 0.717) is 19.6 Å². The highest BCUT2D eigenvalue weighted by Gasteiger charge is 2.23. The van der Waals surface area contributed by atoms with Crippen molar-refractivity contribution in [1.29, 1.82) is 0 Å². The maximum Gasteiger partial charge on any atom is 0.309 e. The molecule has 0 amide bonds. The molecule has 1 atom stereocenters. The molecule has 0 radical (unpaired) electrons. The molecule has 20 heavy (non-hydrogen) atoms. The predicted octanol–water partition coefficient (Wildman–Crippen LogP) is 2.24. The molecule has 0 rings (SSSR count). The van der Waals surface area contributed by atoms with Crippen molar-refractivity contribution in [2.75, 3.05) is 32.8 Å². The lowest BCUT2D eigenvalue weighted by Gasteiger charge is -2.20. The van der Waals surface area contributed by atoms with Gasteiger partial charge in [-0.25, -0.2) is 0 Å². The van der Waals surface area contributed by atoms with Crippen molar-refractivity contribution in [3.8, 4) is 0 Å². The summed E-state index contributed by atoms with van der Waals surface area (Å²) in [5.41, 5.74) is 0. The van der Waals surface area contributed by atoms with Crippen LogP contribution in [0.5, 0.6) is 0 Å². The lowest BCUT2D eigenvalue weighted by molar-refractivity contribution is -0.155. The molecule has 0 bridgehead atoms. The minimum Gasteiger partial charge on any atom is -0.466 e. The van der Waals surface area contributed by atoms with Crippen LogP contribution in [-0.4, -0.2) is 49.7 Å². The Morgan fingerprint density at radius 1 is 1.00 bits per heavy atom. The maximum atomic E-state index is 11.9. The average Bonchev–Trinajstić information content (AvgIpc) is 2.43. The van der Waals surface area contributed by atoms with Gasteiger partial charge < -0.3 is 14.4 Å². The van der Waals surface area contributed by atoms with E-state index in [0.717, 1.165) is 26.1 Å². The van der Waals surface area contributed by atoms with Gasteiger partial charge in [-0.1, -0.05) is 13.8 Å². The smallest absolute Gasteiger partial charge is 0.309 e. The molecule has 0 heterocycles. The summed E-state index contributed by atoms with van der Waals surface area (Å²) in [7, 11) is 0. The average molecular weight is 287 g/mol. The fourth-order valence-electron chi connectivity index (χ4n) is 2.09. The molecule has 0 aliphatic heterocycles. The molecule has 0 saturated heterocycles. The van der Waals surface area contributed by atoms with Crippen LogP contribution in [0.15, 0.2) is 0 Å². The van der Waals surface area contributed by atoms with Crippen LogP contribution in [0.3, 0.4) is 0 Å². The van der Waals surface area contributed by atoms with E-state index < -0.39 is 0 Å². The summed E-state index contributed by atoms with van der Waals surface area (Å²) in [6.45, 7) is 11.4. The zero-order chi connectivity index (χ0) is 15.4. The first-order valence-electron chi connectivity index (χ1n) is 7.63. The minimum atomic E-state index is -0.385. The molecule has 0 saturated carbocycles. The Morgan fingerprint density at radius 3 is 2.10 bits per heavy atom. The van der Waals surface area contributed by atoms with E-state index in [9.17, 15) is 9.59 Å². The van der Waals surface area contributed by atoms with Crippen molar-refractivity contribution in [2.24, 2.45) is 5.92 Å². The van der Waals surface area contributed by atoms with Crippen molar-refractivity contribution < 1.29 is 19.1 Å². The van der Waals surface area contributed by atoms with Gasteiger partial charge in [-0.3, -0.25) is 9.59 Å². The lowest BCUT2D eigenvalue weighted by atomic mass is 9.99. The van der Waals surface area contributed by atoms with Gasteiger partial charge in [-0.15, -0.1) is 0 Å². The Kier molecular flexibility index (Phi) is 11.1. The highest BCUT2D eigenvalue weighted by Crippen LogP contribution is 2.15. The Hall–Kier alpha value is -1.10. The van der Waals surface area contributed by atoms with Crippen LogP contribution in [0.4, 0.5) is 0 Å². The summed E-state index contributed by atoms with van der Waals surface area (Å²) in [5, 5.41) is 0. The van der Waals surface area contributed by atoms with Crippen LogP contribution < -0.4 is 0 Å². The highest BCUT2D eigenvalue weighted by atomic mass is 16.5. The Balaban J connectivity index is 4.30. The first kappa shape index (κ1) is 18.9. The largest absolute Gasteiger partial charge is 0.466 e. The maximum absolute atomic E-state index is 11.9. The number of nitrogens with zero attached hydrogens (tertiary/aromatic N) is 1. The molecule has 0 N–H and O–H groups in total. The van der Waals surface area contributed by atoms with Crippen LogP contribution in [0, 0.1) is 5.92 Å². The van der Waals surface area contributed by atoms with E-state index in [1.54, 1.807) is 13.8 Å². The number of hydrogen-bond acceptors (Lipinski definition) is 5. The predicted molar refractivity (Wildman–Crippen MR) is 78.4 cm³/mol. The van der Waals surface area contributed by atoms with Crippen molar-refractivity contribution in [1.82, 2.24) is 4.90 Å². The summed E-state index contributed by atoms with van der Waals surface area (Å²) >= 11 is 0. The topological polar surface area (TPSA) is 55.8 Å². The molecule has 0 aromatic carbocycles. The van der Waals surface area contributed by atoms with E-state index in [1.807, 2.05) is 0 Å². The van der Waals surface area contributed by atoms with Crippen LogP contribution in [0.2, 0.25) is 0 Å². The number of carbonyl (C=O) groups excluding carboxylic acids is 2. The number of hydrogen-bond donors (Lipinski definition) is 0. The van der Waals surface area contributed by atoms with Crippen LogP contribution in [0.25, 0.3) is 0 Å². The lowest BCUT2D eigenvalue weighted by Crippen LogP contribution is -2.27. The molecule has 5 heteroatoms. The molecule has 5 nitrogen and oxygen atoms in total. The van der Waals surface area contributed by atoms with E-state index in [2.05, 4.69) is 18.7 Å². The molecule has 0 fully saturated rings. The van der Waals surface area contributed by atoms with E-state index in [-0.39, 0.29) is 24.3 Å². The van der Waals surface area contributed by atoms with Gasteiger partial charge in [-0.2, -0.15) is 0 Å². The molecule has 0 aromatic heterocycles. The normalized spacial score (nSPS) is 12.2. The third kappa shape index (κ3) is 8.15. The third-order valence-electron chi connectivity index (χ3n) is 3.26. The van der Waals surface area contributed by atoms with Gasteiger partial charge >= 0.3 is 11.9 Å². The van der Waals surface area contributed by atoms with Gasteiger partial charge in [0.2, 0.25) is 0 Å². The molecule has 0 aromatic rings. The summed E-state index contributed by atoms with van der Waals surface area (Å²) in [6.07, 6.45) is 1.66. The molecule has 118 valence electrons. The molecule has 0 aliphatic carbocycles. The van der Waals surface area contributed by atoms with E-state index in [1.165, 1.54) is 0 Å². The molecule has 0 aliphatic rings. The summed E-state index contributed by atoms with van der Waals surface area (Å²) in [4.78, 5) is 25.7. The first-order valence-corrected chi connectivity index (χ1v) is 7.63. The quantitative estimate of drug-likeness (QED) is 0.545. The van der Waals surface area contributed by atoms with Gasteiger partial charge in [0.15, 0.2) is 0 Å². The zero-order valence-electron chi connectivity index (χ0n) is 13.3. The SMILES string of the molecule is CCOC(=O)CC(CCCN(CC)CC)C(=O)OCC. The highest BCUT2D eigenvalue weighted by molar-refractivity contribution is 5.79. The second-order valence-corrected chi connectivity index (χ2v) is 4.63. The second kappa shape index (κ2) is 11.7. The van der Waals surface area contributed by atoms with Crippen molar-refractivity contribution in [2.45, 2.75) is 47.0 Å². The van der Waals surface area contributed by atoms with Gasteiger partial charge in [0.05, 0.1) is 25.6 Å². The first-order chi connectivity index (χ1) is 9.58. The van der Waals surface area contributed by atoms with Crippen molar-refractivity contribution in [3.05, 3.63) is 0 Å². The summed E-state index contributed by atoms with van der Waals surface area (Å²) in [6, 6.07) is 0. The molecular weight excluding hydrogens is 258 g/mol. The van der Waals surface area contributed by atoms with Gasteiger partial charge in [-0.05, 0) is 46.3 Å². The zero-order valence-corrected chi connectivity index (χ0v) is 13.3. The van der Waals surface area contributed by atoms with Gasteiger partial charge in [0, 0.05) is 0 Å². The molecule has 0 spiro atoms. The molecule has 1 unspecified atom stereocenters. The number of carbonyl (C=O) groups is 2. The van der Waals surface area contributed by atoms with Crippen LogP contribution >= 0.6 is 0 Å².